The van der Waals surface area contributed by atoms with Gasteiger partial charge in [-0.2, -0.15) is 5.26 Å². The van der Waals surface area contributed by atoms with Crippen molar-refractivity contribution in [2.45, 2.75) is 0 Å². The Morgan fingerprint density at radius 2 is 2.27 bits per heavy atom. The van der Waals surface area contributed by atoms with Crippen LogP contribution >= 0.6 is 11.6 Å². The number of nitrogens with zero attached hydrogens (tertiary/aromatic N) is 1. The van der Waals surface area contributed by atoms with Gasteiger partial charge in [0.2, 0.25) is 0 Å². The lowest BCUT2D eigenvalue weighted by Gasteiger charge is -2.04. The second-order valence-electron chi connectivity index (χ2n) is 2.67. The Morgan fingerprint density at radius 3 is 2.73 bits per heavy atom. The van der Waals surface area contributed by atoms with Gasteiger partial charge in [0.1, 0.15) is 5.82 Å². The summed E-state index contributed by atoms with van der Waals surface area (Å²) < 4.78 is 13.2. The molecule has 15 heavy (non-hydrogen) atoms. The molecule has 3 nitrogen and oxygen atoms in total. The third-order valence-corrected chi connectivity index (χ3v) is 2.08. The zero-order valence-corrected chi connectivity index (χ0v) is 8.21. The highest BCUT2D eigenvalue weighted by Crippen LogP contribution is 2.17. The van der Waals surface area contributed by atoms with Crippen LogP contribution in [-0.2, 0) is 0 Å². The van der Waals surface area contributed by atoms with Crippen molar-refractivity contribution >= 4 is 23.7 Å². The summed E-state index contributed by atoms with van der Waals surface area (Å²) in [6.07, 6.45) is 0.279. The van der Waals surface area contributed by atoms with Crippen LogP contribution in [-0.4, -0.2) is 17.9 Å². The second kappa shape index (κ2) is 4.67. The van der Waals surface area contributed by atoms with E-state index in [2.05, 4.69) is 0 Å². The Kier molecular flexibility index (Phi) is 3.53. The van der Waals surface area contributed by atoms with Gasteiger partial charge < -0.3 is 0 Å². The molecular formula is C10H5ClFNO2. The van der Waals surface area contributed by atoms with Crippen molar-refractivity contribution in [2.75, 3.05) is 5.88 Å². The van der Waals surface area contributed by atoms with E-state index >= 15 is 0 Å². The van der Waals surface area contributed by atoms with Gasteiger partial charge in [-0.05, 0) is 12.1 Å². The molecule has 0 aliphatic carbocycles. The molecule has 0 heterocycles. The number of Topliss-reactive ketones (excluding diaryl/α,β-unsaturated/α-hetero) is 1. The maximum atomic E-state index is 13.2. The number of carbonyl (C=O) groups is 2. The molecular weight excluding hydrogens is 221 g/mol. The van der Waals surface area contributed by atoms with E-state index in [9.17, 15) is 14.0 Å². The molecule has 0 atom stereocenters. The molecule has 0 radical (unpaired) electrons. The van der Waals surface area contributed by atoms with Crippen molar-refractivity contribution in [3.8, 4) is 6.07 Å². The molecule has 0 fully saturated rings. The first-order chi connectivity index (χ1) is 7.15. The van der Waals surface area contributed by atoms with Crippen molar-refractivity contribution in [3.05, 3.63) is 34.6 Å². The van der Waals surface area contributed by atoms with Gasteiger partial charge in [0, 0.05) is 5.56 Å². The van der Waals surface area contributed by atoms with Crippen molar-refractivity contribution < 1.29 is 14.0 Å². The number of benzene rings is 1. The lowest BCUT2D eigenvalue weighted by Crippen LogP contribution is -2.09. The van der Waals surface area contributed by atoms with Gasteiger partial charge in [0.05, 0.1) is 23.1 Å². The average Bonchev–Trinajstić information content (AvgIpc) is 2.27. The maximum Gasteiger partial charge on any atom is 0.181 e. The minimum atomic E-state index is -0.846. The van der Waals surface area contributed by atoms with E-state index in [0.29, 0.717) is 0 Å². The number of hydrogen-bond donors (Lipinski definition) is 0. The van der Waals surface area contributed by atoms with E-state index in [4.69, 9.17) is 16.9 Å². The zero-order valence-electron chi connectivity index (χ0n) is 7.46. The Balaban J connectivity index is 3.54. The minimum Gasteiger partial charge on any atom is -0.298 e. The van der Waals surface area contributed by atoms with E-state index < -0.39 is 23.0 Å². The van der Waals surface area contributed by atoms with Crippen molar-refractivity contribution in [2.24, 2.45) is 0 Å². The van der Waals surface area contributed by atoms with E-state index in [0.717, 1.165) is 12.1 Å². The molecule has 0 N–H and O–H groups in total. The van der Waals surface area contributed by atoms with E-state index in [1.165, 1.54) is 0 Å². The first-order valence-corrected chi connectivity index (χ1v) is 4.46. The lowest BCUT2D eigenvalue weighted by molar-refractivity contribution is 0.100. The standard InChI is InChI=1S/C10H5ClFNO2/c11-3-9(15)10-7(5-14)6(4-13)1-2-8(10)12/h1-2,5H,3H2. The monoisotopic (exact) mass is 225 g/mol. The topological polar surface area (TPSA) is 57.9 Å². The van der Waals surface area contributed by atoms with Gasteiger partial charge in [0.25, 0.3) is 0 Å². The fourth-order valence-corrected chi connectivity index (χ4v) is 1.30. The molecule has 0 aliphatic heterocycles. The predicted octanol–water partition coefficient (Wildman–Crippen LogP) is 1.93. The molecule has 0 spiro atoms. The Bertz CT molecular complexity index is 465. The molecule has 0 aliphatic rings. The number of hydrogen-bond acceptors (Lipinski definition) is 3. The molecule has 5 heteroatoms. The maximum absolute atomic E-state index is 13.2. The summed E-state index contributed by atoms with van der Waals surface area (Å²) in [7, 11) is 0. The summed E-state index contributed by atoms with van der Waals surface area (Å²) in [4.78, 5) is 21.9. The van der Waals surface area contributed by atoms with Gasteiger partial charge in [-0.15, -0.1) is 11.6 Å². The molecule has 1 aromatic carbocycles. The normalized spacial score (nSPS) is 9.40. The van der Waals surface area contributed by atoms with Gasteiger partial charge in [0.15, 0.2) is 12.1 Å². The van der Waals surface area contributed by atoms with Crippen LogP contribution in [0.3, 0.4) is 0 Å². The van der Waals surface area contributed by atoms with Crippen molar-refractivity contribution in [3.63, 3.8) is 0 Å². The summed E-state index contributed by atoms with van der Waals surface area (Å²) in [6, 6.07) is 3.81. The molecule has 0 saturated carbocycles. The summed E-state index contributed by atoms with van der Waals surface area (Å²) in [5.74, 6) is -2.00. The molecule has 0 saturated heterocycles. The van der Waals surface area contributed by atoms with Crippen LogP contribution in [0.1, 0.15) is 26.3 Å². The molecule has 1 rings (SSSR count). The first-order valence-electron chi connectivity index (χ1n) is 3.92. The summed E-state index contributed by atoms with van der Waals surface area (Å²) in [5.41, 5.74) is -0.706. The summed E-state index contributed by atoms with van der Waals surface area (Å²) in [5, 5.41) is 8.64. The minimum absolute atomic E-state index is 0.0418. The molecule has 76 valence electrons. The first kappa shape index (κ1) is 11.3. The third kappa shape index (κ3) is 2.03. The van der Waals surface area contributed by atoms with Crippen LogP contribution < -0.4 is 0 Å². The SMILES string of the molecule is N#Cc1ccc(F)c(C(=O)CCl)c1C=O. The number of aldehydes is 1. The van der Waals surface area contributed by atoms with Gasteiger partial charge in [-0.25, -0.2) is 4.39 Å². The number of ketones is 1. The molecule has 1 aromatic rings. The third-order valence-electron chi connectivity index (χ3n) is 1.83. The average molecular weight is 226 g/mol. The fraction of sp³-hybridized carbons (Fsp3) is 0.100. The van der Waals surface area contributed by atoms with Gasteiger partial charge >= 0.3 is 0 Å². The predicted molar refractivity (Wildman–Crippen MR) is 51.6 cm³/mol. The smallest absolute Gasteiger partial charge is 0.181 e. The molecule has 0 aromatic heterocycles. The molecule has 0 bridgehead atoms. The zero-order chi connectivity index (χ0) is 11.4. The van der Waals surface area contributed by atoms with Crippen LogP contribution in [0.4, 0.5) is 4.39 Å². The van der Waals surface area contributed by atoms with Crippen LogP contribution in [0.5, 0.6) is 0 Å². The Labute approximate surface area is 90.1 Å². The fourth-order valence-electron chi connectivity index (χ4n) is 1.16. The number of alkyl halides is 1. The largest absolute Gasteiger partial charge is 0.298 e. The highest BCUT2D eigenvalue weighted by molar-refractivity contribution is 6.31. The number of carbonyl (C=O) groups excluding carboxylic acids is 2. The summed E-state index contributed by atoms with van der Waals surface area (Å²) >= 11 is 5.27. The lowest BCUT2D eigenvalue weighted by atomic mass is 9.99. The quantitative estimate of drug-likeness (QED) is 0.449. The second-order valence-corrected chi connectivity index (χ2v) is 2.94. The highest BCUT2D eigenvalue weighted by atomic mass is 35.5. The molecule has 0 unspecified atom stereocenters. The number of rotatable bonds is 3. The van der Waals surface area contributed by atoms with Crippen LogP contribution in [0.25, 0.3) is 0 Å². The highest BCUT2D eigenvalue weighted by Gasteiger charge is 2.18. The van der Waals surface area contributed by atoms with Crippen molar-refractivity contribution in [1.29, 1.82) is 5.26 Å². The van der Waals surface area contributed by atoms with E-state index in [1.54, 1.807) is 6.07 Å². The molecule has 0 amide bonds. The Morgan fingerprint density at radius 1 is 1.60 bits per heavy atom. The van der Waals surface area contributed by atoms with E-state index in [-0.39, 0.29) is 17.4 Å². The van der Waals surface area contributed by atoms with Crippen LogP contribution in [0.15, 0.2) is 12.1 Å². The number of nitriles is 1. The van der Waals surface area contributed by atoms with Crippen LogP contribution in [0.2, 0.25) is 0 Å². The Hall–Kier alpha value is -1.73. The van der Waals surface area contributed by atoms with Crippen molar-refractivity contribution in [1.82, 2.24) is 0 Å². The van der Waals surface area contributed by atoms with Gasteiger partial charge in [-0.1, -0.05) is 0 Å². The van der Waals surface area contributed by atoms with Crippen LogP contribution in [0, 0.1) is 17.1 Å². The van der Waals surface area contributed by atoms with E-state index in [1.807, 2.05) is 0 Å². The summed E-state index contributed by atoms with van der Waals surface area (Å²) in [6.45, 7) is 0. The number of halogens is 2. The van der Waals surface area contributed by atoms with Gasteiger partial charge in [-0.3, -0.25) is 9.59 Å².